The zero-order chi connectivity index (χ0) is 12.3. The fourth-order valence-electron chi connectivity index (χ4n) is 1.13. The van der Waals surface area contributed by atoms with Crippen LogP contribution in [0.4, 0.5) is 0 Å². The predicted molar refractivity (Wildman–Crippen MR) is 69.2 cm³/mol. The molecule has 0 bridgehead atoms. The number of ether oxygens (including phenoxy) is 1. The third-order valence-electron chi connectivity index (χ3n) is 2.41. The Hall–Kier alpha value is -0.590. The Bertz CT molecular complexity index is 381. The number of carbonyl (C=O) groups is 1. The van der Waals surface area contributed by atoms with Gasteiger partial charge in [-0.2, -0.15) is 0 Å². The number of methoxy groups -OCH3 is 1. The number of hydrogen-bond donors (Lipinski definition) is 1. The summed E-state index contributed by atoms with van der Waals surface area (Å²) in [6, 6.07) is 1.76. The van der Waals surface area contributed by atoms with Crippen molar-refractivity contribution in [1.82, 2.24) is 4.90 Å². The van der Waals surface area contributed by atoms with E-state index in [0.29, 0.717) is 17.2 Å². The van der Waals surface area contributed by atoms with E-state index in [-0.39, 0.29) is 11.9 Å². The van der Waals surface area contributed by atoms with Gasteiger partial charge in [-0.3, -0.25) is 4.79 Å². The molecule has 4 nitrogen and oxygen atoms in total. The van der Waals surface area contributed by atoms with E-state index in [9.17, 15) is 4.79 Å². The van der Waals surface area contributed by atoms with Crippen molar-refractivity contribution in [2.45, 2.75) is 13.0 Å². The lowest BCUT2D eigenvalue weighted by Crippen LogP contribution is -2.39. The average Bonchev–Trinajstić information content (AvgIpc) is 2.67. The second kappa shape index (κ2) is 5.65. The largest absolute Gasteiger partial charge is 0.495 e. The van der Waals surface area contributed by atoms with E-state index < -0.39 is 0 Å². The van der Waals surface area contributed by atoms with Gasteiger partial charge in [-0.15, -0.1) is 11.3 Å². The van der Waals surface area contributed by atoms with Gasteiger partial charge in [0.1, 0.15) is 9.54 Å². The van der Waals surface area contributed by atoms with E-state index in [2.05, 4.69) is 15.9 Å². The van der Waals surface area contributed by atoms with Crippen molar-refractivity contribution in [2.75, 3.05) is 20.7 Å². The molecular formula is C10H15BrN2O2S. The molecular weight excluding hydrogens is 292 g/mol. The van der Waals surface area contributed by atoms with Crippen LogP contribution in [0.5, 0.6) is 5.75 Å². The molecule has 0 aliphatic rings. The van der Waals surface area contributed by atoms with Crippen molar-refractivity contribution >= 4 is 33.2 Å². The summed E-state index contributed by atoms with van der Waals surface area (Å²) in [5.41, 5.74) is 5.53. The van der Waals surface area contributed by atoms with Crippen LogP contribution in [0, 0.1) is 0 Å². The Morgan fingerprint density at radius 1 is 1.75 bits per heavy atom. The van der Waals surface area contributed by atoms with Gasteiger partial charge in [0, 0.05) is 25.7 Å². The number of thiophene rings is 1. The number of amides is 1. The number of halogens is 1. The smallest absolute Gasteiger partial charge is 0.264 e. The molecule has 0 aliphatic carbocycles. The first-order chi connectivity index (χ1) is 7.51. The summed E-state index contributed by atoms with van der Waals surface area (Å²) in [7, 11) is 3.33. The maximum absolute atomic E-state index is 12.0. The maximum atomic E-state index is 12.0. The van der Waals surface area contributed by atoms with Gasteiger partial charge in [0.2, 0.25) is 0 Å². The second-order valence-electron chi connectivity index (χ2n) is 3.45. The lowest BCUT2D eigenvalue weighted by Gasteiger charge is -2.22. The van der Waals surface area contributed by atoms with Crippen molar-refractivity contribution in [3.63, 3.8) is 0 Å². The molecule has 0 aromatic carbocycles. The van der Waals surface area contributed by atoms with Gasteiger partial charge in [0.25, 0.3) is 5.91 Å². The molecule has 0 spiro atoms. The van der Waals surface area contributed by atoms with Gasteiger partial charge < -0.3 is 15.4 Å². The molecule has 2 N–H and O–H groups in total. The number of carbonyl (C=O) groups excluding carboxylic acids is 1. The third-order valence-corrected chi connectivity index (χ3v) is 4.18. The third kappa shape index (κ3) is 2.75. The summed E-state index contributed by atoms with van der Waals surface area (Å²) in [6.45, 7) is 2.36. The van der Waals surface area contributed by atoms with E-state index in [0.717, 1.165) is 3.79 Å². The first-order valence-electron chi connectivity index (χ1n) is 4.81. The van der Waals surface area contributed by atoms with Gasteiger partial charge in [-0.25, -0.2) is 0 Å². The van der Waals surface area contributed by atoms with E-state index in [1.807, 2.05) is 6.92 Å². The van der Waals surface area contributed by atoms with Crippen LogP contribution < -0.4 is 10.5 Å². The minimum absolute atomic E-state index is 0.0272. The first kappa shape index (κ1) is 13.5. The quantitative estimate of drug-likeness (QED) is 0.925. The summed E-state index contributed by atoms with van der Waals surface area (Å²) >= 11 is 4.71. The zero-order valence-corrected chi connectivity index (χ0v) is 11.9. The molecule has 1 rings (SSSR count). The fraction of sp³-hybridized carbons (Fsp3) is 0.500. The molecule has 0 saturated carbocycles. The van der Waals surface area contributed by atoms with Crippen LogP contribution in [-0.2, 0) is 0 Å². The number of hydrogen-bond acceptors (Lipinski definition) is 4. The molecule has 0 fully saturated rings. The van der Waals surface area contributed by atoms with Crippen molar-refractivity contribution < 1.29 is 9.53 Å². The minimum atomic E-state index is -0.0352. The fourth-order valence-corrected chi connectivity index (χ4v) is 2.76. The predicted octanol–water partition coefficient (Wildman–Crippen LogP) is 1.94. The lowest BCUT2D eigenvalue weighted by molar-refractivity contribution is 0.0753. The number of likely N-dealkylation sites (N-methyl/N-ethyl adjacent to an activating group) is 1. The summed E-state index contributed by atoms with van der Waals surface area (Å²) in [5, 5.41) is 0. The van der Waals surface area contributed by atoms with Crippen molar-refractivity contribution in [1.29, 1.82) is 0 Å². The monoisotopic (exact) mass is 306 g/mol. The van der Waals surface area contributed by atoms with E-state index in [1.165, 1.54) is 11.3 Å². The highest BCUT2D eigenvalue weighted by Gasteiger charge is 2.20. The molecule has 1 atom stereocenters. The standard InChI is InChI=1S/C10H15BrN2O2S/c1-6(5-12)13(2)10(14)8-4-7(15-3)9(11)16-8/h4,6H,5,12H2,1-3H3. The van der Waals surface area contributed by atoms with Crippen LogP contribution >= 0.6 is 27.3 Å². The Balaban J connectivity index is 2.88. The van der Waals surface area contributed by atoms with Gasteiger partial charge in [0.05, 0.1) is 12.0 Å². The highest BCUT2D eigenvalue weighted by atomic mass is 79.9. The number of rotatable bonds is 4. The Labute approximate surface area is 108 Å². The molecule has 0 saturated heterocycles. The molecule has 1 unspecified atom stereocenters. The SMILES string of the molecule is COc1cc(C(=O)N(C)C(C)CN)sc1Br. The summed E-state index contributed by atoms with van der Waals surface area (Å²) in [6.07, 6.45) is 0. The van der Waals surface area contributed by atoms with Crippen LogP contribution in [0.25, 0.3) is 0 Å². The molecule has 1 aromatic heterocycles. The Kier molecular flexibility index (Phi) is 4.76. The Morgan fingerprint density at radius 3 is 2.81 bits per heavy atom. The summed E-state index contributed by atoms with van der Waals surface area (Å²) in [5.74, 6) is 0.647. The van der Waals surface area contributed by atoms with E-state index >= 15 is 0 Å². The van der Waals surface area contributed by atoms with Crippen LogP contribution in [0.1, 0.15) is 16.6 Å². The first-order valence-corrected chi connectivity index (χ1v) is 6.42. The zero-order valence-electron chi connectivity index (χ0n) is 9.49. The molecule has 0 aliphatic heterocycles. The van der Waals surface area contributed by atoms with Crippen molar-refractivity contribution in [3.8, 4) is 5.75 Å². The second-order valence-corrected chi connectivity index (χ2v) is 5.82. The number of nitrogens with zero attached hydrogens (tertiary/aromatic N) is 1. The molecule has 1 aromatic rings. The molecule has 16 heavy (non-hydrogen) atoms. The van der Waals surface area contributed by atoms with Crippen LogP contribution in [-0.4, -0.2) is 37.6 Å². The molecule has 1 amide bonds. The highest BCUT2D eigenvalue weighted by molar-refractivity contribution is 9.11. The minimum Gasteiger partial charge on any atom is -0.495 e. The van der Waals surface area contributed by atoms with E-state index in [4.69, 9.17) is 10.5 Å². The normalized spacial score (nSPS) is 12.3. The summed E-state index contributed by atoms with van der Waals surface area (Å²) < 4.78 is 5.94. The maximum Gasteiger partial charge on any atom is 0.264 e. The van der Waals surface area contributed by atoms with Crippen LogP contribution in [0.15, 0.2) is 9.85 Å². The van der Waals surface area contributed by atoms with Gasteiger partial charge in [-0.05, 0) is 22.9 Å². The van der Waals surface area contributed by atoms with Gasteiger partial charge in [-0.1, -0.05) is 0 Å². The average molecular weight is 307 g/mol. The topological polar surface area (TPSA) is 55.6 Å². The molecule has 6 heteroatoms. The van der Waals surface area contributed by atoms with Crippen LogP contribution in [0.3, 0.4) is 0 Å². The summed E-state index contributed by atoms with van der Waals surface area (Å²) in [4.78, 5) is 14.3. The lowest BCUT2D eigenvalue weighted by atomic mass is 10.3. The van der Waals surface area contributed by atoms with Crippen molar-refractivity contribution in [3.05, 3.63) is 14.7 Å². The highest BCUT2D eigenvalue weighted by Crippen LogP contribution is 2.34. The van der Waals surface area contributed by atoms with Gasteiger partial charge >= 0.3 is 0 Å². The van der Waals surface area contributed by atoms with Crippen LogP contribution in [0.2, 0.25) is 0 Å². The Morgan fingerprint density at radius 2 is 2.38 bits per heavy atom. The molecule has 0 radical (unpaired) electrons. The van der Waals surface area contributed by atoms with E-state index in [1.54, 1.807) is 25.1 Å². The van der Waals surface area contributed by atoms with Crippen molar-refractivity contribution in [2.24, 2.45) is 5.73 Å². The molecule has 90 valence electrons. The molecule has 1 heterocycles. The van der Waals surface area contributed by atoms with Gasteiger partial charge in [0.15, 0.2) is 0 Å². The number of nitrogens with two attached hydrogens (primary N) is 1.